The molecule has 0 aromatic heterocycles. The van der Waals surface area contributed by atoms with E-state index in [1.165, 1.54) is 4.90 Å². The van der Waals surface area contributed by atoms with Crippen molar-refractivity contribution in [2.45, 2.75) is 6.43 Å². The summed E-state index contributed by atoms with van der Waals surface area (Å²) < 4.78 is 26.2. The Morgan fingerprint density at radius 3 is 2.47 bits per heavy atom. The van der Waals surface area contributed by atoms with E-state index in [2.05, 4.69) is 35.2 Å². The van der Waals surface area contributed by atoms with Crippen molar-refractivity contribution in [3.05, 3.63) is 63.9 Å². The Balaban J connectivity index is 0.00000180. The van der Waals surface area contributed by atoms with Gasteiger partial charge in [0.1, 0.15) is 0 Å². The van der Waals surface area contributed by atoms with Crippen molar-refractivity contribution in [3.8, 4) is 0 Å². The summed E-state index contributed by atoms with van der Waals surface area (Å²) >= 11 is 2.07. The molecule has 1 aliphatic heterocycles. The average Bonchev–Trinajstić information content (AvgIpc) is 2.36. The minimum Gasteiger partial charge on any atom is -0.369 e. The van der Waals surface area contributed by atoms with E-state index in [-0.39, 0.29) is 39.3 Å². The maximum atomic E-state index is 12.7. The summed E-state index contributed by atoms with van der Waals surface area (Å²) in [6.07, 6.45) is 2.41. The zero-order chi connectivity index (χ0) is 13.1. The van der Waals surface area contributed by atoms with Crippen molar-refractivity contribution < 1.29 is 41.5 Å². The Hall–Kier alpha value is -0.0661. The Kier molecular flexibility index (Phi) is 6.84. The van der Waals surface area contributed by atoms with Gasteiger partial charge in [-0.25, -0.2) is 8.78 Å². The number of alkyl halides is 2. The second-order valence-corrected chi connectivity index (χ2v) is 4.96. The van der Waals surface area contributed by atoms with Gasteiger partial charge in [-0.15, -0.1) is 34.7 Å². The van der Waals surface area contributed by atoms with Gasteiger partial charge in [0, 0.05) is 32.7 Å². The van der Waals surface area contributed by atoms with Crippen molar-refractivity contribution in [1.82, 2.24) is 4.90 Å². The molecule has 1 radical (unpaired) electrons. The van der Waals surface area contributed by atoms with Crippen LogP contribution < -0.4 is 0 Å². The van der Waals surface area contributed by atoms with Gasteiger partial charge in [0.25, 0.3) is 6.43 Å². The van der Waals surface area contributed by atoms with E-state index in [4.69, 9.17) is 0 Å². The largest absolute Gasteiger partial charge is 0.369 e. The summed E-state index contributed by atoms with van der Waals surface area (Å²) in [5.74, 6) is 0. The molecule has 0 spiro atoms. The van der Waals surface area contributed by atoms with E-state index in [1.54, 1.807) is 6.08 Å². The van der Waals surface area contributed by atoms with Gasteiger partial charge in [0.2, 0.25) is 0 Å². The van der Waals surface area contributed by atoms with Crippen LogP contribution in [-0.2, 0) is 32.7 Å². The first kappa shape index (κ1) is 17.0. The van der Waals surface area contributed by atoms with Crippen molar-refractivity contribution >= 4 is 28.3 Å². The van der Waals surface area contributed by atoms with Crippen LogP contribution in [0.25, 0.3) is 5.70 Å². The minimum absolute atomic E-state index is 0. The number of allylic oxidation sites excluding steroid dienone is 3. The molecular weight excluding hydrogens is 436 g/mol. The van der Waals surface area contributed by atoms with Crippen LogP contribution in [0.4, 0.5) is 8.78 Å². The van der Waals surface area contributed by atoms with Gasteiger partial charge in [-0.3, -0.25) is 0 Å². The first-order valence-electron chi connectivity index (χ1n) is 5.39. The number of benzene rings is 1. The van der Waals surface area contributed by atoms with Gasteiger partial charge in [-0.2, -0.15) is 12.2 Å². The second kappa shape index (κ2) is 7.65. The standard InChI is InChI=1S/C14H11F2IN.Y/c1-10-12(17)7-8-13(18(10)9-14(15)16)11-5-3-2-4-6-11;/h2-7,14H,1,9H2;/q-1;. The molecule has 0 saturated heterocycles. The Bertz CT molecular complexity index is 511. The fourth-order valence-corrected chi connectivity index (χ4v) is 2.18. The molecule has 1 aliphatic rings. The monoisotopic (exact) mass is 447 g/mol. The van der Waals surface area contributed by atoms with Gasteiger partial charge in [-0.1, -0.05) is 39.6 Å². The molecule has 5 heteroatoms. The van der Waals surface area contributed by atoms with Crippen LogP contribution in [0, 0.1) is 6.08 Å². The number of rotatable bonds is 3. The van der Waals surface area contributed by atoms with Crippen molar-refractivity contribution in [3.63, 3.8) is 0 Å². The zero-order valence-electron chi connectivity index (χ0n) is 10.1. The predicted octanol–water partition coefficient (Wildman–Crippen LogP) is 4.24. The molecule has 0 amide bonds. The third-order valence-corrected chi connectivity index (χ3v) is 3.51. The van der Waals surface area contributed by atoms with Crippen LogP contribution >= 0.6 is 22.6 Å². The van der Waals surface area contributed by atoms with Crippen LogP contribution in [0.3, 0.4) is 0 Å². The van der Waals surface area contributed by atoms with Gasteiger partial charge in [0.15, 0.2) is 0 Å². The zero-order valence-corrected chi connectivity index (χ0v) is 15.1. The Labute approximate surface area is 150 Å². The number of nitrogens with zero attached hydrogens (tertiary/aromatic N) is 1. The summed E-state index contributed by atoms with van der Waals surface area (Å²) in [5.41, 5.74) is 2.09. The molecule has 0 aliphatic carbocycles. The minimum atomic E-state index is -2.41. The third kappa shape index (κ3) is 4.20. The Morgan fingerprint density at radius 2 is 1.89 bits per heavy atom. The van der Waals surface area contributed by atoms with Gasteiger partial charge in [-0.05, 0) is 5.70 Å². The maximum absolute atomic E-state index is 12.7. The van der Waals surface area contributed by atoms with Crippen molar-refractivity contribution in [2.24, 2.45) is 0 Å². The smallest absolute Gasteiger partial charge is 0.256 e. The topological polar surface area (TPSA) is 3.24 Å². The van der Waals surface area contributed by atoms with Crippen LogP contribution in [0.5, 0.6) is 0 Å². The van der Waals surface area contributed by atoms with Crippen LogP contribution in [0.15, 0.2) is 52.3 Å². The van der Waals surface area contributed by atoms with Crippen LogP contribution in [-0.4, -0.2) is 17.9 Å². The van der Waals surface area contributed by atoms with E-state index in [9.17, 15) is 8.78 Å². The molecule has 2 rings (SSSR count). The predicted molar refractivity (Wildman–Crippen MR) is 77.0 cm³/mol. The van der Waals surface area contributed by atoms with E-state index < -0.39 is 6.43 Å². The molecule has 1 aromatic rings. The maximum Gasteiger partial charge on any atom is 0.256 e. The van der Waals surface area contributed by atoms with Crippen molar-refractivity contribution in [1.29, 1.82) is 0 Å². The molecule has 0 fully saturated rings. The van der Waals surface area contributed by atoms with Gasteiger partial charge >= 0.3 is 0 Å². The fraction of sp³-hybridized carbons (Fsp3) is 0.143. The molecule has 0 N–H and O–H groups in total. The summed E-state index contributed by atoms with van der Waals surface area (Å²) in [7, 11) is 0. The average molecular weight is 447 g/mol. The summed E-state index contributed by atoms with van der Waals surface area (Å²) in [6, 6.07) is 9.38. The molecule has 1 heterocycles. The molecule has 0 bridgehead atoms. The SMILES string of the molecule is C=C1C(I)=C[C-]=C(c2ccccc2)N1CC(F)F.[Y]. The molecule has 1 nitrogen and oxygen atoms in total. The summed E-state index contributed by atoms with van der Waals surface area (Å²) in [4.78, 5) is 1.52. The summed E-state index contributed by atoms with van der Waals surface area (Å²) in [5, 5.41) is 0. The van der Waals surface area contributed by atoms with Gasteiger partial charge < -0.3 is 4.90 Å². The van der Waals surface area contributed by atoms with E-state index in [0.717, 1.165) is 9.14 Å². The number of hydrogen-bond acceptors (Lipinski definition) is 1. The molecule has 0 atom stereocenters. The Morgan fingerprint density at radius 1 is 1.26 bits per heavy atom. The molecule has 0 saturated carbocycles. The molecule has 0 unspecified atom stereocenters. The number of hydrogen-bond donors (Lipinski definition) is 0. The van der Waals surface area contributed by atoms with Crippen LogP contribution in [0.1, 0.15) is 5.56 Å². The molecule has 97 valence electrons. The first-order chi connectivity index (χ1) is 8.59. The van der Waals surface area contributed by atoms with E-state index >= 15 is 0 Å². The van der Waals surface area contributed by atoms with Crippen LogP contribution in [0.2, 0.25) is 0 Å². The molecule has 1 aromatic carbocycles. The first-order valence-corrected chi connectivity index (χ1v) is 6.47. The van der Waals surface area contributed by atoms with Gasteiger partial charge in [0.05, 0.1) is 6.54 Å². The van der Waals surface area contributed by atoms with E-state index in [1.807, 2.05) is 30.3 Å². The number of halogens is 3. The molecular formula is C14H11F2INY-. The third-order valence-electron chi connectivity index (χ3n) is 2.57. The summed E-state index contributed by atoms with van der Waals surface area (Å²) in [6.45, 7) is 3.50. The second-order valence-electron chi connectivity index (χ2n) is 3.80. The fourth-order valence-electron chi connectivity index (χ4n) is 1.73. The quantitative estimate of drug-likeness (QED) is 0.495. The molecule has 19 heavy (non-hydrogen) atoms. The van der Waals surface area contributed by atoms with Crippen molar-refractivity contribution in [2.75, 3.05) is 6.54 Å². The van der Waals surface area contributed by atoms with E-state index in [0.29, 0.717) is 11.4 Å². The normalized spacial score (nSPS) is 14.9.